The number of halogens is 3. The minimum absolute atomic E-state index is 0.123. The fourth-order valence-electron chi connectivity index (χ4n) is 2.39. The molecule has 2 rings (SSSR count). The van der Waals surface area contributed by atoms with E-state index in [1.165, 1.54) is 48.5 Å². The van der Waals surface area contributed by atoms with E-state index >= 15 is 0 Å². The first-order chi connectivity index (χ1) is 14.0. The van der Waals surface area contributed by atoms with Crippen molar-refractivity contribution in [3.05, 3.63) is 77.4 Å². The molecule has 0 saturated heterocycles. The molecule has 1 N–H and O–H groups in total. The summed E-state index contributed by atoms with van der Waals surface area (Å²) in [5, 5.41) is 10.7. The molecule has 0 radical (unpaired) electrons. The Morgan fingerprint density at radius 3 is 1.77 bits per heavy atom. The smallest absolute Gasteiger partial charge is 0.372 e. The third-order valence-electron chi connectivity index (χ3n) is 3.81. The van der Waals surface area contributed by atoms with Crippen LogP contribution in [0.4, 0.5) is 13.2 Å². The molecule has 0 aliphatic rings. The first-order valence-electron chi connectivity index (χ1n) is 10.1. The van der Waals surface area contributed by atoms with Crippen LogP contribution in [-0.2, 0) is 5.60 Å². The van der Waals surface area contributed by atoms with Crippen LogP contribution in [0.25, 0.3) is 0 Å². The number of benzene rings is 2. The van der Waals surface area contributed by atoms with Crippen LogP contribution < -0.4 is 0 Å². The Morgan fingerprint density at radius 1 is 1.00 bits per heavy atom. The molecule has 0 heterocycles. The predicted octanol–water partition coefficient (Wildman–Crippen LogP) is 8.46. The molecule has 1 atom stereocenters. The SMILES string of the molecule is C=CC.CC.CCC.CSc1cc(C)c(C)cc1C(O)(c1ccccc1)C(F)(F)F. The van der Waals surface area contributed by atoms with E-state index in [1.54, 1.807) is 31.4 Å². The van der Waals surface area contributed by atoms with Gasteiger partial charge in [-0.05, 0) is 49.8 Å². The molecular weight excluding hydrogens is 405 g/mol. The van der Waals surface area contributed by atoms with Crippen molar-refractivity contribution in [2.45, 2.75) is 71.6 Å². The second kappa shape index (κ2) is 15.1. The number of alkyl halides is 3. The monoisotopic (exact) mass is 442 g/mol. The summed E-state index contributed by atoms with van der Waals surface area (Å²) in [7, 11) is 0. The molecule has 1 unspecified atom stereocenters. The van der Waals surface area contributed by atoms with Gasteiger partial charge in [-0.2, -0.15) is 13.2 Å². The number of thioether (sulfide) groups is 1. The van der Waals surface area contributed by atoms with Gasteiger partial charge in [-0.1, -0.05) is 76.6 Å². The van der Waals surface area contributed by atoms with E-state index in [-0.39, 0.29) is 11.1 Å². The molecule has 0 aliphatic heterocycles. The van der Waals surface area contributed by atoms with Gasteiger partial charge >= 0.3 is 6.18 Å². The molecule has 0 amide bonds. The normalized spacial score (nSPS) is 12.0. The maximum absolute atomic E-state index is 13.8. The fourth-order valence-corrected chi connectivity index (χ4v) is 3.11. The van der Waals surface area contributed by atoms with Gasteiger partial charge in [0.1, 0.15) is 0 Å². The van der Waals surface area contributed by atoms with Crippen LogP contribution in [0.3, 0.4) is 0 Å². The highest BCUT2D eigenvalue weighted by Gasteiger charge is 2.57. The van der Waals surface area contributed by atoms with Gasteiger partial charge in [-0.25, -0.2) is 0 Å². The van der Waals surface area contributed by atoms with Crippen molar-refractivity contribution in [1.82, 2.24) is 0 Å². The lowest BCUT2D eigenvalue weighted by Crippen LogP contribution is -2.43. The zero-order valence-corrected chi connectivity index (χ0v) is 20.3. The van der Waals surface area contributed by atoms with Gasteiger partial charge in [-0.3, -0.25) is 0 Å². The zero-order valence-electron chi connectivity index (χ0n) is 19.5. The summed E-state index contributed by atoms with van der Waals surface area (Å²) in [4.78, 5) is 0.423. The first kappa shape index (κ1) is 30.5. The van der Waals surface area contributed by atoms with Crippen molar-refractivity contribution < 1.29 is 18.3 Å². The maximum Gasteiger partial charge on any atom is 0.425 e. The lowest BCUT2D eigenvalue weighted by molar-refractivity contribution is -0.249. The Hall–Kier alpha value is -1.72. The van der Waals surface area contributed by atoms with Crippen LogP contribution >= 0.6 is 11.8 Å². The maximum atomic E-state index is 13.8. The summed E-state index contributed by atoms with van der Waals surface area (Å²) >= 11 is 1.20. The number of aliphatic hydroxyl groups is 1. The van der Waals surface area contributed by atoms with Crippen LogP contribution in [-0.4, -0.2) is 17.5 Å². The zero-order chi connectivity index (χ0) is 24.0. The predicted molar refractivity (Wildman–Crippen MR) is 126 cm³/mol. The first-order valence-corrected chi connectivity index (χ1v) is 11.3. The highest BCUT2D eigenvalue weighted by Crippen LogP contribution is 2.47. The third-order valence-corrected chi connectivity index (χ3v) is 4.59. The lowest BCUT2D eigenvalue weighted by atomic mass is 9.84. The summed E-state index contributed by atoms with van der Waals surface area (Å²) in [6, 6.07) is 10.3. The number of aryl methyl sites for hydroxylation is 2. The standard InChI is InChI=1S/C17H17F3OS.C3H8.C3H6.C2H6/c1-11-9-14(15(22-3)10-12(11)2)16(21,17(18,19)20)13-7-5-4-6-8-13;2*1-3-2;1-2/h4-10,21H,1-3H3;3H2,1-2H3;3H,1H2,2H3;1-2H3. The van der Waals surface area contributed by atoms with Crippen molar-refractivity contribution in [2.75, 3.05) is 6.26 Å². The Bertz CT molecular complexity index is 727. The van der Waals surface area contributed by atoms with Crippen LogP contribution in [0.15, 0.2) is 60.0 Å². The summed E-state index contributed by atoms with van der Waals surface area (Å²) < 4.78 is 41.3. The minimum atomic E-state index is -4.82. The fraction of sp³-hybridized carbons (Fsp3) is 0.440. The van der Waals surface area contributed by atoms with E-state index in [4.69, 9.17) is 0 Å². The highest BCUT2D eigenvalue weighted by molar-refractivity contribution is 7.98. The summed E-state index contributed by atoms with van der Waals surface area (Å²) in [6.45, 7) is 17.1. The number of hydrogen-bond acceptors (Lipinski definition) is 2. The largest absolute Gasteiger partial charge is 0.425 e. The third kappa shape index (κ3) is 8.19. The van der Waals surface area contributed by atoms with E-state index in [0.29, 0.717) is 10.5 Å². The lowest BCUT2D eigenvalue weighted by Gasteiger charge is -2.33. The van der Waals surface area contributed by atoms with Gasteiger partial charge in [-0.15, -0.1) is 18.3 Å². The van der Waals surface area contributed by atoms with Crippen molar-refractivity contribution in [3.8, 4) is 0 Å². The molecule has 1 nitrogen and oxygen atoms in total. The molecule has 2 aromatic carbocycles. The summed E-state index contributed by atoms with van der Waals surface area (Å²) in [5.74, 6) is 0. The van der Waals surface area contributed by atoms with E-state index < -0.39 is 11.8 Å². The topological polar surface area (TPSA) is 20.2 Å². The van der Waals surface area contributed by atoms with Crippen LogP contribution in [0.1, 0.15) is 63.3 Å². The Labute approximate surface area is 185 Å². The summed E-state index contributed by atoms with van der Waals surface area (Å²) in [6.07, 6.45) is -0.115. The van der Waals surface area contributed by atoms with E-state index in [1.807, 2.05) is 27.7 Å². The van der Waals surface area contributed by atoms with Gasteiger partial charge in [0.05, 0.1) is 0 Å². The molecule has 2 aromatic rings. The Morgan fingerprint density at radius 2 is 1.40 bits per heavy atom. The minimum Gasteiger partial charge on any atom is -0.372 e. The van der Waals surface area contributed by atoms with Crippen molar-refractivity contribution in [3.63, 3.8) is 0 Å². The van der Waals surface area contributed by atoms with E-state index in [9.17, 15) is 18.3 Å². The van der Waals surface area contributed by atoms with Crippen molar-refractivity contribution in [1.29, 1.82) is 0 Å². The van der Waals surface area contributed by atoms with Crippen LogP contribution in [0, 0.1) is 13.8 Å². The molecular formula is C25H37F3OS. The average molecular weight is 443 g/mol. The molecule has 5 heteroatoms. The molecule has 0 saturated carbocycles. The molecule has 0 bridgehead atoms. The average Bonchev–Trinajstić information content (AvgIpc) is 2.71. The molecule has 170 valence electrons. The molecule has 0 aromatic heterocycles. The molecule has 0 aliphatic carbocycles. The van der Waals surface area contributed by atoms with Gasteiger partial charge < -0.3 is 5.11 Å². The second-order valence-corrected chi connectivity index (χ2v) is 7.17. The molecule has 0 spiro atoms. The van der Waals surface area contributed by atoms with Crippen LogP contribution in [0.5, 0.6) is 0 Å². The van der Waals surface area contributed by atoms with Gasteiger partial charge in [0.2, 0.25) is 5.60 Å². The second-order valence-electron chi connectivity index (χ2n) is 6.33. The van der Waals surface area contributed by atoms with Crippen molar-refractivity contribution in [2.24, 2.45) is 0 Å². The van der Waals surface area contributed by atoms with Crippen molar-refractivity contribution >= 4 is 11.8 Å². The molecule has 30 heavy (non-hydrogen) atoms. The van der Waals surface area contributed by atoms with Gasteiger partial charge in [0.25, 0.3) is 0 Å². The van der Waals surface area contributed by atoms with Gasteiger partial charge in [0, 0.05) is 10.5 Å². The summed E-state index contributed by atoms with van der Waals surface area (Å²) in [5.41, 5.74) is -1.72. The quantitative estimate of drug-likeness (QED) is 0.380. The van der Waals surface area contributed by atoms with Crippen LogP contribution in [0.2, 0.25) is 0 Å². The number of allylic oxidation sites excluding steroid dienone is 1. The molecule has 0 fully saturated rings. The highest BCUT2D eigenvalue weighted by atomic mass is 32.2. The Balaban J connectivity index is 0. The van der Waals surface area contributed by atoms with E-state index in [0.717, 1.165) is 5.56 Å². The number of hydrogen-bond donors (Lipinski definition) is 1. The Kier molecular flexibility index (Phi) is 15.4. The number of rotatable bonds is 3. The van der Waals surface area contributed by atoms with E-state index in [2.05, 4.69) is 20.4 Å². The van der Waals surface area contributed by atoms with Gasteiger partial charge in [0.15, 0.2) is 0 Å².